The van der Waals surface area contributed by atoms with Crippen LogP contribution in [0.4, 0.5) is 5.95 Å². The lowest BCUT2D eigenvalue weighted by Crippen LogP contribution is -2.41. The predicted octanol–water partition coefficient (Wildman–Crippen LogP) is 6.00. The third-order valence-electron chi connectivity index (χ3n) is 7.36. The van der Waals surface area contributed by atoms with E-state index in [0.29, 0.717) is 17.7 Å². The Balaban J connectivity index is 1.76. The SMILES string of the molecule is Cc1ccccc1[C@@H]1Oc2cc(-c3c(C)cccc3C)nc(n2)NS(=O)(=O)c2cccc(c2)C(O)N[C@@H]1CC(C)C. The van der Waals surface area contributed by atoms with E-state index in [-0.39, 0.29) is 28.7 Å². The Hall–Kier alpha value is -3.79. The minimum Gasteiger partial charge on any atom is -0.468 e. The first-order valence-corrected chi connectivity index (χ1v) is 15.2. The van der Waals surface area contributed by atoms with Gasteiger partial charge in [0.15, 0.2) is 0 Å². The molecule has 0 aliphatic carbocycles. The minimum atomic E-state index is -4.08. The van der Waals surface area contributed by atoms with Crippen molar-refractivity contribution in [3.8, 4) is 17.1 Å². The van der Waals surface area contributed by atoms with Crippen molar-refractivity contribution < 1.29 is 18.3 Å². The van der Waals surface area contributed by atoms with Gasteiger partial charge in [-0.25, -0.2) is 18.1 Å². The molecule has 0 radical (unpaired) electrons. The summed E-state index contributed by atoms with van der Waals surface area (Å²) < 4.78 is 36.2. The second-order valence-corrected chi connectivity index (χ2v) is 12.7. The van der Waals surface area contributed by atoms with Crippen molar-refractivity contribution >= 4 is 16.0 Å². The lowest BCUT2D eigenvalue weighted by Gasteiger charge is -2.33. The topological polar surface area (TPSA) is 113 Å². The van der Waals surface area contributed by atoms with Crippen LogP contribution in [0.5, 0.6) is 5.88 Å². The molecule has 1 aliphatic rings. The normalized spacial score (nSPS) is 20.2. The number of aryl methyl sites for hydroxylation is 3. The Morgan fingerprint density at radius 3 is 2.29 bits per heavy atom. The highest BCUT2D eigenvalue weighted by Gasteiger charge is 2.31. The van der Waals surface area contributed by atoms with Crippen LogP contribution in [-0.4, -0.2) is 29.5 Å². The summed E-state index contributed by atoms with van der Waals surface area (Å²) in [4.78, 5) is 9.17. The Morgan fingerprint density at radius 1 is 0.902 bits per heavy atom. The summed E-state index contributed by atoms with van der Waals surface area (Å²) in [7, 11) is -4.08. The van der Waals surface area contributed by atoms with Crippen LogP contribution >= 0.6 is 0 Å². The number of nitrogens with zero attached hydrogens (tertiary/aromatic N) is 2. The second-order valence-electron chi connectivity index (χ2n) is 11.1. The van der Waals surface area contributed by atoms with E-state index >= 15 is 0 Å². The van der Waals surface area contributed by atoms with Gasteiger partial charge in [-0.15, -0.1) is 0 Å². The number of benzene rings is 3. The van der Waals surface area contributed by atoms with Crippen LogP contribution in [0.1, 0.15) is 60.4 Å². The molecule has 214 valence electrons. The lowest BCUT2D eigenvalue weighted by molar-refractivity contribution is 0.0657. The fraction of sp³-hybridized carbons (Fsp3) is 0.312. The van der Waals surface area contributed by atoms with Crippen molar-refractivity contribution in [3.05, 3.63) is 101 Å². The average molecular weight is 573 g/mol. The van der Waals surface area contributed by atoms with Gasteiger partial charge in [0.05, 0.1) is 16.6 Å². The van der Waals surface area contributed by atoms with Gasteiger partial charge in [0.2, 0.25) is 11.8 Å². The lowest BCUT2D eigenvalue weighted by atomic mass is 9.91. The van der Waals surface area contributed by atoms with Gasteiger partial charge in [-0.1, -0.05) is 68.4 Å². The number of rotatable bonds is 4. The van der Waals surface area contributed by atoms with Gasteiger partial charge in [0, 0.05) is 11.6 Å². The maximum absolute atomic E-state index is 13.5. The summed E-state index contributed by atoms with van der Waals surface area (Å²) in [5.41, 5.74) is 5.80. The van der Waals surface area contributed by atoms with E-state index in [9.17, 15) is 13.5 Å². The maximum Gasteiger partial charge on any atom is 0.264 e. The van der Waals surface area contributed by atoms with Crippen molar-refractivity contribution in [1.82, 2.24) is 15.3 Å². The number of aliphatic hydroxyl groups excluding tert-OH is 1. The van der Waals surface area contributed by atoms with Crippen molar-refractivity contribution in [2.45, 2.75) is 64.3 Å². The third-order valence-corrected chi connectivity index (χ3v) is 8.68. The molecule has 0 fully saturated rings. The van der Waals surface area contributed by atoms with Gasteiger partial charge in [-0.3, -0.25) is 5.32 Å². The van der Waals surface area contributed by atoms with E-state index < -0.39 is 22.4 Å². The molecule has 4 bridgehead atoms. The number of hydrogen-bond acceptors (Lipinski definition) is 7. The van der Waals surface area contributed by atoms with Crippen molar-refractivity contribution in [3.63, 3.8) is 0 Å². The zero-order valence-corrected chi connectivity index (χ0v) is 24.7. The molecule has 1 aliphatic heterocycles. The van der Waals surface area contributed by atoms with E-state index in [4.69, 9.17) is 4.74 Å². The molecule has 1 aromatic heterocycles. The first kappa shape index (κ1) is 28.7. The molecule has 3 atom stereocenters. The van der Waals surface area contributed by atoms with Crippen LogP contribution in [0.15, 0.2) is 77.7 Å². The quantitative estimate of drug-likeness (QED) is 0.275. The number of sulfonamides is 1. The summed E-state index contributed by atoms with van der Waals surface area (Å²) in [5, 5.41) is 14.6. The largest absolute Gasteiger partial charge is 0.468 e. The Labute approximate surface area is 241 Å². The first-order chi connectivity index (χ1) is 19.5. The van der Waals surface area contributed by atoms with Gasteiger partial charge in [0.1, 0.15) is 12.3 Å². The van der Waals surface area contributed by atoms with E-state index in [1.54, 1.807) is 18.2 Å². The smallest absolute Gasteiger partial charge is 0.264 e. The molecule has 2 heterocycles. The Morgan fingerprint density at radius 2 is 1.59 bits per heavy atom. The summed E-state index contributed by atoms with van der Waals surface area (Å²) >= 11 is 0. The molecule has 5 rings (SSSR count). The van der Waals surface area contributed by atoms with Crippen molar-refractivity contribution in [1.29, 1.82) is 0 Å². The molecule has 0 saturated carbocycles. The van der Waals surface area contributed by atoms with Crippen LogP contribution in [0, 0.1) is 26.7 Å². The number of aromatic nitrogens is 2. The van der Waals surface area contributed by atoms with E-state index in [0.717, 1.165) is 27.8 Å². The fourth-order valence-corrected chi connectivity index (χ4v) is 6.39. The van der Waals surface area contributed by atoms with Gasteiger partial charge >= 0.3 is 0 Å². The molecule has 3 aromatic carbocycles. The molecule has 1 unspecified atom stereocenters. The van der Waals surface area contributed by atoms with Crippen molar-refractivity contribution in [2.75, 3.05) is 4.72 Å². The summed E-state index contributed by atoms with van der Waals surface area (Å²) in [6.45, 7) is 10.2. The van der Waals surface area contributed by atoms with E-state index in [1.165, 1.54) is 12.1 Å². The highest BCUT2D eigenvalue weighted by atomic mass is 32.2. The minimum absolute atomic E-state index is 0.00509. The number of ether oxygens (including phenoxy) is 1. The van der Waals surface area contributed by atoms with Crippen LogP contribution in [0.25, 0.3) is 11.3 Å². The predicted molar refractivity (Wildman–Crippen MR) is 160 cm³/mol. The van der Waals surface area contributed by atoms with Gasteiger partial charge in [-0.2, -0.15) is 4.98 Å². The van der Waals surface area contributed by atoms with Gasteiger partial charge < -0.3 is 9.84 Å². The average Bonchev–Trinajstić information content (AvgIpc) is 2.91. The summed E-state index contributed by atoms with van der Waals surface area (Å²) in [6.07, 6.45) is -1.01. The molecular weight excluding hydrogens is 536 g/mol. The molecule has 8 nitrogen and oxygen atoms in total. The molecule has 3 N–H and O–H groups in total. The monoisotopic (exact) mass is 572 g/mol. The van der Waals surface area contributed by atoms with Crippen LogP contribution in [0.3, 0.4) is 0 Å². The molecular formula is C32H36N4O4S. The highest BCUT2D eigenvalue weighted by Crippen LogP contribution is 2.35. The summed E-state index contributed by atoms with van der Waals surface area (Å²) in [5.74, 6) is 0.395. The first-order valence-electron chi connectivity index (χ1n) is 13.8. The zero-order chi connectivity index (χ0) is 29.3. The maximum atomic E-state index is 13.5. The van der Waals surface area contributed by atoms with E-state index in [1.807, 2.05) is 63.2 Å². The Kier molecular flexibility index (Phi) is 8.13. The number of anilines is 1. The summed E-state index contributed by atoms with van der Waals surface area (Å²) in [6, 6.07) is 21.6. The molecule has 41 heavy (non-hydrogen) atoms. The third kappa shape index (κ3) is 6.27. The molecule has 4 aromatic rings. The molecule has 9 heteroatoms. The number of aliphatic hydroxyl groups is 1. The van der Waals surface area contributed by atoms with Crippen LogP contribution < -0.4 is 14.8 Å². The Bertz CT molecular complexity index is 1650. The number of hydrogen-bond donors (Lipinski definition) is 3. The fourth-order valence-electron chi connectivity index (χ4n) is 5.39. The molecule has 0 amide bonds. The number of fused-ring (bicyclic) bond motifs is 4. The van der Waals surface area contributed by atoms with Crippen LogP contribution in [0.2, 0.25) is 0 Å². The molecule has 0 saturated heterocycles. The number of nitrogens with one attached hydrogen (secondary N) is 2. The van der Waals surface area contributed by atoms with Crippen molar-refractivity contribution in [2.24, 2.45) is 5.92 Å². The highest BCUT2D eigenvalue weighted by molar-refractivity contribution is 7.92. The van der Waals surface area contributed by atoms with Gasteiger partial charge in [0.25, 0.3) is 10.0 Å². The standard InChI is InChI=1S/C32H36N4O4S/c1-19(2)16-27-30(25-15-7-6-10-20(25)3)40-28-18-26(29-21(4)11-8-12-22(29)5)34-32(35-28)36-41(38,39)24-14-9-13-23(17-24)31(37)33-27/h6-15,17-19,27,30-31,33,37H,16H2,1-5H3,(H,34,35,36)/t27-,30+,31?/m1/s1. The molecule has 0 spiro atoms. The van der Waals surface area contributed by atoms with E-state index in [2.05, 4.69) is 33.9 Å². The zero-order valence-electron chi connectivity index (χ0n) is 23.9. The van der Waals surface area contributed by atoms with Gasteiger partial charge in [-0.05, 0) is 73.1 Å². The second kappa shape index (κ2) is 11.6. The van der Waals surface area contributed by atoms with Crippen LogP contribution in [-0.2, 0) is 10.0 Å².